The second-order valence-corrected chi connectivity index (χ2v) is 7.33. The summed E-state index contributed by atoms with van der Waals surface area (Å²) >= 11 is 3.39. The van der Waals surface area contributed by atoms with Crippen LogP contribution in [-0.4, -0.2) is 40.2 Å². The molecular formula is C14H20BrN3O2. The molecule has 110 valence electrons. The van der Waals surface area contributed by atoms with E-state index in [-0.39, 0.29) is 11.6 Å². The lowest BCUT2D eigenvalue weighted by Gasteiger charge is -2.48. The van der Waals surface area contributed by atoms with Gasteiger partial charge in [-0.2, -0.15) is 0 Å². The number of rotatable bonds is 2. The number of carbonyl (C=O) groups is 1. The molecule has 0 aliphatic carbocycles. The fourth-order valence-electron chi connectivity index (χ4n) is 2.16. The Balaban J connectivity index is 1.89. The summed E-state index contributed by atoms with van der Waals surface area (Å²) in [5.74, 6) is 0. The third-order valence-corrected chi connectivity index (χ3v) is 3.32. The average Bonchev–Trinajstić information content (AvgIpc) is 2.23. The summed E-state index contributed by atoms with van der Waals surface area (Å²) in [4.78, 5) is 17.7. The average molecular weight is 342 g/mol. The van der Waals surface area contributed by atoms with Gasteiger partial charge in [0.05, 0.1) is 17.4 Å². The van der Waals surface area contributed by atoms with Gasteiger partial charge in [-0.25, -0.2) is 4.79 Å². The molecule has 1 amide bonds. The quantitative estimate of drug-likeness (QED) is 0.896. The number of aromatic nitrogens is 1. The maximum absolute atomic E-state index is 11.9. The van der Waals surface area contributed by atoms with Gasteiger partial charge in [0.15, 0.2) is 0 Å². The Morgan fingerprint density at radius 2 is 2.10 bits per heavy atom. The largest absolute Gasteiger partial charge is 0.444 e. The number of anilines is 1. The van der Waals surface area contributed by atoms with Crippen molar-refractivity contribution in [2.45, 2.75) is 38.8 Å². The highest BCUT2D eigenvalue weighted by Gasteiger charge is 2.43. The maximum Gasteiger partial charge on any atom is 0.410 e. The van der Waals surface area contributed by atoms with Crippen LogP contribution in [0.15, 0.2) is 22.9 Å². The van der Waals surface area contributed by atoms with Crippen LogP contribution in [0.1, 0.15) is 27.7 Å². The van der Waals surface area contributed by atoms with Crippen LogP contribution in [0, 0.1) is 0 Å². The van der Waals surface area contributed by atoms with Crippen LogP contribution in [0.25, 0.3) is 0 Å². The van der Waals surface area contributed by atoms with E-state index >= 15 is 0 Å². The Morgan fingerprint density at radius 1 is 1.45 bits per heavy atom. The topological polar surface area (TPSA) is 54.5 Å². The van der Waals surface area contributed by atoms with E-state index in [1.807, 2.05) is 26.8 Å². The first-order valence-corrected chi connectivity index (χ1v) is 7.33. The molecule has 1 aliphatic heterocycles. The van der Waals surface area contributed by atoms with Crippen molar-refractivity contribution >= 4 is 27.7 Å². The number of ether oxygens (including phenoxy) is 1. The van der Waals surface area contributed by atoms with E-state index in [1.165, 1.54) is 0 Å². The highest BCUT2D eigenvalue weighted by Crippen LogP contribution is 2.27. The smallest absolute Gasteiger partial charge is 0.410 e. The standard InChI is InChI=1S/C14H20BrN3O2/c1-13(2,3)20-12(19)18-8-14(4,9-18)17-11-5-10(15)6-16-7-11/h5-7,17H,8-9H2,1-4H3. The second-order valence-electron chi connectivity index (χ2n) is 6.41. The zero-order valence-electron chi connectivity index (χ0n) is 12.2. The first kappa shape index (κ1) is 15.1. The number of hydrogen-bond acceptors (Lipinski definition) is 4. The second kappa shape index (κ2) is 5.24. The lowest BCUT2D eigenvalue weighted by molar-refractivity contribution is -0.00123. The zero-order valence-corrected chi connectivity index (χ0v) is 13.8. The van der Waals surface area contributed by atoms with Gasteiger partial charge in [-0.3, -0.25) is 4.98 Å². The number of hydrogen-bond donors (Lipinski definition) is 1. The highest BCUT2D eigenvalue weighted by atomic mass is 79.9. The molecule has 1 aromatic rings. The zero-order chi connectivity index (χ0) is 15.0. The van der Waals surface area contributed by atoms with Crippen LogP contribution in [0.3, 0.4) is 0 Å². The third-order valence-electron chi connectivity index (χ3n) is 2.88. The van der Waals surface area contributed by atoms with Crippen LogP contribution >= 0.6 is 15.9 Å². The van der Waals surface area contributed by atoms with E-state index in [0.717, 1.165) is 10.2 Å². The number of amides is 1. The number of pyridine rings is 1. The van der Waals surface area contributed by atoms with Crippen LogP contribution in [0.4, 0.5) is 10.5 Å². The first-order valence-electron chi connectivity index (χ1n) is 6.54. The molecule has 0 atom stereocenters. The molecule has 2 heterocycles. The molecule has 2 rings (SSSR count). The number of likely N-dealkylation sites (tertiary alicyclic amines) is 1. The van der Waals surface area contributed by atoms with Gasteiger partial charge in [0, 0.05) is 23.8 Å². The predicted molar refractivity (Wildman–Crippen MR) is 81.8 cm³/mol. The minimum atomic E-state index is -0.454. The van der Waals surface area contributed by atoms with E-state index in [4.69, 9.17) is 4.74 Å². The van der Waals surface area contributed by atoms with E-state index in [2.05, 4.69) is 33.2 Å². The first-order chi connectivity index (χ1) is 9.17. The Morgan fingerprint density at radius 3 is 2.65 bits per heavy atom. The van der Waals surface area contributed by atoms with E-state index in [9.17, 15) is 4.79 Å². The summed E-state index contributed by atoms with van der Waals surface area (Å²) in [5.41, 5.74) is 0.343. The molecule has 0 bridgehead atoms. The van der Waals surface area contributed by atoms with Crippen molar-refractivity contribution in [2.24, 2.45) is 0 Å². The highest BCUT2D eigenvalue weighted by molar-refractivity contribution is 9.10. The Labute approximate surface area is 127 Å². The third kappa shape index (κ3) is 3.85. The summed E-state index contributed by atoms with van der Waals surface area (Å²) in [5, 5.41) is 3.40. The lowest BCUT2D eigenvalue weighted by atomic mass is 9.92. The lowest BCUT2D eigenvalue weighted by Crippen LogP contribution is -2.66. The van der Waals surface area contributed by atoms with E-state index in [0.29, 0.717) is 13.1 Å². The summed E-state index contributed by atoms with van der Waals surface area (Å²) in [6, 6.07) is 1.97. The molecular weight excluding hydrogens is 322 g/mol. The molecule has 0 saturated carbocycles. The number of halogens is 1. The molecule has 1 fully saturated rings. The molecule has 0 spiro atoms. The number of carbonyl (C=O) groups excluding carboxylic acids is 1. The van der Waals surface area contributed by atoms with E-state index < -0.39 is 5.60 Å². The Bertz CT molecular complexity index is 507. The summed E-state index contributed by atoms with van der Waals surface area (Å²) in [6.45, 7) is 8.93. The fraction of sp³-hybridized carbons (Fsp3) is 0.571. The molecule has 5 nitrogen and oxygen atoms in total. The maximum atomic E-state index is 11.9. The van der Waals surface area contributed by atoms with Gasteiger partial charge >= 0.3 is 6.09 Å². The van der Waals surface area contributed by atoms with Crippen molar-refractivity contribution < 1.29 is 9.53 Å². The van der Waals surface area contributed by atoms with Gasteiger partial charge in [-0.1, -0.05) is 0 Å². The molecule has 6 heteroatoms. The number of nitrogens with one attached hydrogen (secondary N) is 1. The van der Waals surface area contributed by atoms with Gasteiger partial charge in [-0.05, 0) is 49.7 Å². The van der Waals surface area contributed by atoms with Crippen molar-refractivity contribution in [3.05, 3.63) is 22.9 Å². The number of nitrogens with zero attached hydrogens (tertiary/aromatic N) is 2. The van der Waals surface area contributed by atoms with Gasteiger partial charge in [0.1, 0.15) is 5.60 Å². The molecule has 1 aromatic heterocycles. The monoisotopic (exact) mass is 341 g/mol. The van der Waals surface area contributed by atoms with Crippen LogP contribution in [0.5, 0.6) is 0 Å². The minimum absolute atomic E-state index is 0.140. The van der Waals surface area contributed by atoms with Crippen molar-refractivity contribution in [2.75, 3.05) is 18.4 Å². The molecule has 0 aromatic carbocycles. The molecule has 0 radical (unpaired) electrons. The van der Waals surface area contributed by atoms with Crippen molar-refractivity contribution in [3.63, 3.8) is 0 Å². The molecule has 1 N–H and O–H groups in total. The molecule has 0 unspecified atom stereocenters. The van der Waals surface area contributed by atoms with Crippen molar-refractivity contribution in [1.29, 1.82) is 0 Å². The summed E-state index contributed by atoms with van der Waals surface area (Å²) < 4.78 is 6.27. The SMILES string of the molecule is CC1(Nc2cncc(Br)c2)CN(C(=O)OC(C)(C)C)C1. The van der Waals surface area contributed by atoms with E-state index in [1.54, 1.807) is 17.3 Å². The minimum Gasteiger partial charge on any atom is -0.444 e. The Hall–Kier alpha value is -1.30. The van der Waals surface area contributed by atoms with Gasteiger partial charge in [0.2, 0.25) is 0 Å². The summed E-state index contributed by atoms with van der Waals surface area (Å²) in [7, 11) is 0. The van der Waals surface area contributed by atoms with Crippen molar-refractivity contribution in [1.82, 2.24) is 9.88 Å². The molecule has 20 heavy (non-hydrogen) atoms. The van der Waals surface area contributed by atoms with Gasteiger partial charge < -0.3 is 15.0 Å². The van der Waals surface area contributed by atoms with Crippen LogP contribution in [-0.2, 0) is 4.74 Å². The summed E-state index contributed by atoms with van der Waals surface area (Å²) in [6.07, 6.45) is 3.25. The fourth-order valence-corrected chi connectivity index (χ4v) is 2.52. The van der Waals surface area contributed by atoms with Crippen molar-refractivity contribution in [3.8, 4) is 0 Å². The normalized spacial score (nSPS) is 17.4. The van der Waals surface area contributed by atoms with Crippen LogP contribution in [0.2, 0.25) is 0 Å². The van der Waals surface area contributed by atoms with Gasteiger partial charge in [-0.15, -0.1) is 0 Å². The molecule has 1 saturated heterocycles. The molecule has 1 aliphatic rings. The predicted octanol–water partition coefficient (Wildman–Crippen LogP) is 3.27. The van der Waals surface area contributed by atoms with Crippen LogP contribution < -0.4 is 5.32 Å². The van der Waals surface area contributed by atoms with Gasteiger partial charge in [0.25, 0.3) is 0 Å². The Kier molecular flexibility index (Phi) is 3.95.